The molecule has 54 valence electrons. The number of hydrogen-bond acceptors (Lipinski definition) is 0. The zero-order chi connectivity index (χ0) is 7.33. The summed E-state index contributed by atoms with van der Waals surface area (Å²) in [6.07, 6.45) is 4.31. The van der Waals surface area contributed by atoms with Crippen molar-refractivity contribution in [3.8, 4) is 0 Å². The van der Waals surface area contributed by atoms with Gasteiger partial charge in [-0.1, -0.05) is 69.5 Å². The van der Waals surface area contributed by atoms with Crippen LogP contribution < -0.4 is 0 Å². The standard InChI is InChI=1S/C5H6Cl3I/c6-5(7,8)3-1-2-4-9/h1-2H,3-4H2. The van der Waals surface area contributed by atoms with Gasteiger partial charge in [-0.05, 0) is 0 Å². The van der Waals surface area contributed by atoms with Crippen LogP contribution in [0.1, 0.15) is 6.42 Å². The van der Waals surface area contributed by atoms with Gasteiger partial charge in [0.25, 0.3) is 0 Å². The van der Waals surface area contributed by atoms with Gasteiger partial charge in [0, 0.05) is 10.8 Å². The average Bonchev–Trinajstić information content (AvgIpc) is 1.63. The molecule has 0 fully saturated rings. The lowest BCUT2D eigenvalue weighted by Crippen LogP contribution is -1.97. The maximum Gasteiger partial charge on any atom is 0.194 e. The smallest absolute Gasteiger partial charge is 0.0835 e. The highest BCUT2D eigenvalue weighted by Gasteiger charge is 2.16. The van der Waals surface area contributed by atoms with Crippen LogP contribution in [0.15, 0.2) is 12.2 Å². The summed E-state index contributed by atoms with van der Waals surface area (Å²) in [4.78, 5) is 0. The minimum absolute atomic E-state index is 0.487. The van der Waals surface area contributed by atoms with Gasteiger partial charge in [-0.3, -0.25) is 0 Å². The van der Waals surface area contributed by atoms with E-state index < -0.39 is 3.79 Å². The number of hydrogen-bond donors (Lipinski definition) is 0. The SMILES string of the molecule is ClC(Cl)(Cl)CC=CCI. The Balaban J connectivity index is 3.38. The molecule has 0 aromatic rings. The molecule has 0 nitrogen and oxygen atoms in total. The molecule has 0 atom stereocenters. The first-order chi connectivity index (χ1) is 4.06. The zero-order valence-corrected chi connectivity index (χ0v) is 9.01. The van der Waals surface area contributed by atoms with E-state index in [1.165, 1.54) is 0 Å². The molecule has 0 spiro atoms. The molecule has 0 unspecified atom stereocenters. The summed E-state index contributed by atoms with van der Waals surface area (Å²) in [6, 6.07) is 0. The minimum atomic E-state index is -1.12. The third-order valence-electron chi connectivity index (χ3n) is 0.605. The highest BCUT2D eigenvalue weighted by Crippen LogP contribution is 2.30. The molecule has 4 heteroatoms. The molecule has 0 aromatic heterocycles. The van der Waals surface area contributed by atoms with E-state index in [0.29, 0.717) is 6.42 Å². The van der Waals surface area contributed by atoms with Crippen molar-refractivity contribution < 1.29 is 0 Å². The Morgan fingerprint density at radius 1 is 1.22 bits per heavy atom. The Labute approximate surface area is 83.7 Å². The maximum absolute atomic E-state index is 5.45. The largest absolute Gasteiger partial charge is 0.194 e. The number of rotatable bonds is 2. The van der Waals surface area contributed by atoms with E-state index in [-0.39, 0.29) is 0 Å². The molecule has 0 radical (unpaired) electrons. The second-order valence-corrected chi connectivity index (χ2v) is 4.84. The van der Waals surface area contributed by atoms with Gasteiger partial charge in [0.05, 0.1) is 0 Å². The summed E-state index contributed by atoms with van der Waals surface area (Å²) in [5.41, 5.74) is 0. The fourth-order valence-electron chi connectivity index (χ4n) is 0.280. The predicted octanol–water partition coefficient (Wildman–Crippen LogP) is 3.74. The molecule has 0 saturated carbocycles. The van der Waals surface area contributed by atoms with Crippen molar-refractivity contribution in [2.75, 3.05) is 4.43 Å². The van der Waals surface area contributed by atoms with Gasteiger partial charge in [0.1, 0.15) is 0 Å². The van der Waals surface area contributed by atoms with Crippen LogP contribution in [-0.4, -0.2) is 8.22 Å². The third kappa shape index (κ3) is 9.34. The van der Waals surface area contributed by atoms with Gasteiger partial charge >= 0.3 is 0 Å². The van der Waals surface area contributed by atoms with Crippen molar-refractivity contribution in [2.24, 2.45) is 0 Å². The lowest BCUT2D eigenvalue weighted by atomic mass is 10.4. The second-order valence-electron chi connectivity index (χ2n) is 1.45. The molecule has 0 aliphatic rings. The Morgan fingerprint density at radius 3 is 2.11 bits per heavy atom. The van der Waals surface area contributed by atoms with Gasteiger partial charge in [-0.15, -0.1) is 0 Å². The highest BCUT2D eigenvalue weighted by molar-refractivity contribution is 14.1. The molecule has 0 saturated heterocycles. The van der Waals surface area contributed by atoms with E-state index in [1.54, 1.807) is 0 Å². The van der Waals surface area contributed by atoms with E-state index in [9.17, 15) is 0 Å². The monoisotopic (exact) mass is 298 g/mol. The van der Waals surface area contributed by atoms with Gasteiger partial charge in [0.2, 0.25) is 0 Å². The fraction of sp³-hybridized carbons (Fsp3) is 0.600. The molecule has 0 rings (SSSR count). The highest BCUT2D eigenvalue weighted by atomic mass is 127. The van der Waals surface area contributed by atoms with E-state index in [2.05, 4.69) is 22.6 Å². The van der Waals surface area contributed by atoms with Crippen molar-refractivity contribution in [3.63, 3.8) is 0 Å². The first kappa shape index (κ1) is 10.3. The van der Waals surface area contributed by atoms with Crippen molar-refractivity contribution in [3.05, 3.63) is 12.2 Å². The number of halogens is 4. The lowest BCUT2D eigenvalue weighted by Gasteiger charge is -2.04. The minimum Gasteiger partial charge on any atom is -0.0835 e. The molecule has 0 heterocycles. The summed E-state index contributed by atoms with van der Waals surface area (Å²) in [5, 5.41) is 0. The van der Waals surface area contributed by atoms with E-state index in [1.807, 2.05) is 12.2 Å². The normalized spacial score (nSPS) is 12.9. The van der Waals surface area contributed by atoms with Crippen LogP contribution in [0.4, 0.5) is 0 Å². The lowest BCUT2D eigenvalue weighted by molar-refractivity contribution is 1.07. The maximum atomic E-state index is 5.45. The van der Waals surface area contributed by atoms with Crippen LogP contribution in [-0.2, 0) is 0 Å². The van der Waals surface area contributed by atoms with Crippen molar-refractivity contribution in [2.45, 2.75) is 10.2 Å². The Hall–Kier alpha value is 1.34. The zero-order valence-electron chi connectivity index (χ0n) is 4.58. The Morgan fingerprint density at radius 2 is 1.78 bits per heavy atom. The van der Waals surface area contributed by atoms with Gasteiger partial charge in [-0.2, -0.15) is 0 Å². The van der Waals surface area contributed by atoms with Crippen LogP contribution in [0.25, 0.3) is 0 Å². The molecule has 0 amide bonds. The topological polar surface area (TPSA) is 0 Å². The fourth-order valence-corrected chi connectivity index (χ4v) is 0.907. The molecule has 9 heavy (non-hydrogen) atoms. The second kappa shape index (κ2) is 5.05. The van der Waals surface area contributed by atoms with Crippen LogP contribution in [0, 0.1) is 0 Å². The Kier molecular flexibility index (Phi) is 5.80. The summed E-state index contributed by atoms with van der Waals surface area (Å²) in [6.45, 7) is 0. The summed E-state index contributed by atoms with van der Waals surface area (Å²) >= 11 is 18.6. The first-order valence-electron chi connectivity index (χ1n) is 2.34. The van der Waals surface area contributed by atoms with E-state index in [0.717, 1.165) is 4.43 Å². The molecule has 0 aliphatic heterocycles. The molecular formula is C5H6Cl3I. The van der Waals surface area contributed by atoms with E-state index >= 15 is 0 Å². The number of allylic oxidation sites excluding steroid dienone is 2. The van der Waals surface area contributed by atoms with Crippen LogP contribution in [0.5, 0.6) is 0 Å². The Bertz CT molecular complexity index is 94.9. The quantitative estimate of drug-likeness (QED) is 0.414. The molecule has 0 aliphatic carbocycles. The van der Waals surface area contributed by atoms with Crippen molar-refractivity contribution >= 4 is 57.4 Å². The molecule has 0 bridgehead atoms. The number of alkyl halides is 4. The van der Waals surface area contributed by atoms with Crippen molar-refractivity contribution in [1.29, 1.82) is 0 Å². The molecule has 0 N–H and O–H groups in total. The third-order valence-corrected chi connectivity index (χ3v) is 1.58. The molecule has 0 aromatic carbocycles. The van der Waals surface area contributed by atoms with Gasteiger partial charge in [-0.25, -0.2) is 0 Å². The summed E-state index contributed by atoms with van der Waals surface area (Å²) in [7, 11) is 0. The van der Waals surface area contributed by atoms with E-state index in [4.69, 9.17) is 34.8 Å². The summed E-state index contributed by atoms with van der Waals surface area (Å²) in [5.74, 6) is 0. The predicted molar refractivity (Wildman–Crippen MR) is 52.9 cm³/mol. The first-order valence-corrected chi connectivity index (χ1v) is 5.00. The van der Waals surface area contributed by atoms with Crippen LogP contribution >= 0.6 is 57.4 Å². The van der Waals surface area contributed by atoms with Gasteiger partial charge in [0.15, 0.2) is 3.79 Å². The molecular weight excluding hydrogens is 293 g/mol. The average molecular weight is 299 g/mol. The van der Waals surface area contributed by atoms with Crippen LogP contribution in [0.2, 0.25) is 0 Å². The van der Waals surface area contributed by atoms with Crippen LogP contribution in [0.3, 0.4) is 0 Å². The summed E-state index contributed by atoms with van der Waals surface area (Å²) < 4.78 is -0.166. The van der Waals surface area contributed by atoms with Gasteiger partial charge < -0.3 is 0 Å². The van der Waals surface area contributed by atoms with Crippen molar-refractivity contribution in [1.82, 2.24) is 0 Å².